The minimum Gasteiger partial charge on any atom is -0.342 e. The van der Waals surface area contributed by atoms with E-state index in [1.54, 1.807) is 0 Å². The first-order valence-corrected chi connectivity index (χ1v) is 5.94. The zero-order valence-electron chi connectivity index (χ0n) is 9.53. The van der Waals surface area contributed by atoms with Crippen LogP contribution in [0.2, 0.25) is 0 Å². The first-order valence-electron chi connectivity index (χ1n) is 5.94. The topological polar surface area (TPSA) is 54.7 Å². The van der Waals surface area contributed by atoms with Crippen LogP contribution in [0.3, 0.4) is 0 Å². The molecule has 0 bridgehead atoms. The van der Waals surface area contributed by atoms with Crippen LogP contribution >= 0.6 is 0 Å². The molecule has 0 unspecified atom stereocenters. The Balaban J connectivity index is 1.99. The number of hydrogen-bond donors (Lipinski definition) is 2. The van der Waals surface area contributed by atoms with Crippen LogP contribution in [-0.2, 0) is 0 Å². The van der Waals surface area contributed by atoms with Crippen molar-refractivity contribution in [3.05, 3.63) is 29.6 Å². The van der Waals surface area contributed by atoms with Crippen LogP contribution < -0.4 is 5.73 Å². The van der Waals surface area contributed by atoms with E-state index in [0.29, 0.717) is 12.0 Å². The van der Waals surface area contributed by atoms with Crippen molar-refractivity contribution in [1.82, 2.24) is 9.97 Å². The molecule has 84 valence electrons. The molecule has 0 saturated heterocycles. The van der Waals surface area contributed by atoms with E-state index >= 15 is 0 Å². The Kier molecular flexibility index (Phi) is 2.21. The number of nitrogens with zero attached hydrogens (tertiary/aromatic N) is 1. The molecule has 3 N–H and O–H groups in total. The molecule has 2 atom stereocenters. The Labute approximate surface area is 95.1 Å². The predicted octanol–water partition coefficient (Wildman–Crippen LogP) is 2.47. The van der Waals surface area contributed by atoms with Crippen LogP contribution in [-0.4, -0.2) is 16.0 Å². The number of fused-ring (bicyclic) bond motifs is 1. The van der Waals surface area contributed by atoms with Crippen molar-refractivity contribution >= 4 is 11.0 Å². The number of aryl methyl sites for hydroxylation is 1. The molecule has 1 heterocycles. The highest BCUT2D eigenvalue weighted by Gasteiger charge is 2.25. The van der Waals surface area contributed by atoms with Crippen LogP contribution in [0.25, 0.3) is 11.0 Å². The fourth-order valence-corrected chi connectivity index (χ4v) is 2.60. The summed E-state index contributed by atoms with van der Waals surface area (Å²) in [6.45, 7) is 2.10. The smallest absolute Gasteiger partial charge is 0.110 e. The summed E-state index contributed by atoms with van der Waals surface area (Å²) in [7, 11) is 0. The van der Waals surface area contributed by atoms with E-state index in [1.807, 2.05) is 0 Å². The third-order valence-electron chi connectivity index (χ3n) is 3.52. The van der Waals surface area contributed by atoms with Crippen molar-refractivity contribution in [3.8, 4) is 0 Å². The first kappa shape index (κ1) is 9.85. The van der Waals surface area contributed by atoms with Crippen LogP contribution in [0, 0.1) is 6.92 Å². The molecule has 1 aromatic heterocycles. The summed E-state index contributed by atoms with van der Waals surface area (Å²) in [5.41, 5.74) is 9.43. The van der Waals surface area contributed by atoms with E-state index in [0.717, 1.165) is 29.7 Å². The van der Waals surface area contributed by atoms with Crippen LogP contribution in [0.15, 0.2) is 18.2 Å². The molecular weight excluding hydrogens is 198 g/mol. The van der Waals surface area contributed by atoms with Crippen molar-refractivity contribution < 1.29 is 0 Å². The fourth-order valence-electron chi connectivity index (χ4n) is 2.60. The predicted molar refractivity (Wildman–Crippen MR) is 65.4 cm³/mol. The third-order valence-corrected chi connectivity index (χ3v) is 3.52. The van der Waals surface area contributed by atoms with Crippen molar-refractivity contribution in [2.75, 3.05) is 0 Å². The second-order valence-corrected chi connectivity index (χ2v) is 4.91. The molecular formula is C13H17N3. The molecule has 1 saturated carbocycles. The van der Waals surface area contributed by atoms with Gasteiger partial charge in [0.1, 0.15) is 5.82 Å². The Morgan fingerprint density at radius 1 is 1.38 bits per heavy atom. The van der Waals surface area contributed by atoms with Crippen molar-refractivity contribution in [2.45, 2.75) is 38.1 Å². The lowest BCUT2D eigenvalue weighted by atomic mass is 10.1. The number of imidazole rings is 1. The van der Waals surface area contributed by atoms with Gasteiger partial charge in [0.25, 0.3) is 0 Å². The molecule has 2 aromatic rings. The van der Waals surface area contributed by atoms with Gasteiger partial charge in [-0.2, -0.15) is 0 Å². The summed E-state index contributed by atoms with van der Waals surface area (Å²) >= 11 is 0. The summed E-state index contributed by atoms with van der Waals surface area (Å²) in [6.07, 6.45) is 3.36. The Bertz CT molecular complexity index is 515. The highest BCUT2D eigenvalue weighted by atomic mass is 14.9. The number of rotatable bonds is 1. The molecule has 1 aliphatic rings. The van der Waals surface area contributed by atoms with Gasteiger partial charge in [-0.25, -0.2) is 4.98 Å². The van der Waals surface area contributed by atoms with Gasteiger partial charge >= 0.3 is 0 Å². The summed E-state index contributed by atoms with van der Waals surface area (Å²) < 4.78 is 0. The van der Waals surface area contributed by atoms with E-state index < -0.39 is 0 Å². The van der Waals surface area contributed by atoms with Crippen LogP contribution in [0.4, 0.5) is 0 Å². The normalized spacial score (nSPS) is 25.4. The lowest BCUT2D eigenvalue weighted by Gasteiger charge is -2.04. The van der Waals surface area contributed by atoms with Gasteiger partial charge in [-0.1, -0.05) is 6.07 Å². The monoisotopic (exact) mass is 215 g/mol. The lowest BCUT2D eigenvalue weighted by Crippen LogP contribution is -2.14. The summed E-state index contributed by atoms with van der Waals surface area (Å²) in [4.78, 5) is 8.09. The number of aromatic amines is 1. The van der Waals surface area contributed by atoms with Crippen molar-refractivity contribution in [3.63, 3.8) is 0 Å². The van der Waals surface area contributed by atoms with Gasteiger partial charge in [-0.05, 0) is 43.9 Å². The molecule has 3 rings (SSSR count). The standard InChI is InChI=1S/C13H17N3/c1-8-2-5-11-12(6-8)16-13(15-11)9-3-4-10(14)7-9/h2,5-6,9-10H,3-4,7,14H2,1H3,(H,15,16)/t9-,10+/m1/s1. The van der Waals surface area contributed by atoms with Gasteiger partial charge in [-0.15, -0.1) is 0 Å². The molecule has 3 heteroatoms. The summed E-state index contributed by atoms with van der Waals surface area (Å²) in [6, 6.07) is 6.70. The minimum absolute atomic E-state index is 0.361. The molecule has 1 fully saturated rings. The maximum atomic E-state index is 5.94. The van der Waals surface area contributed by atoms with Gasteiger partial charge in [0.2, 0.25) is 0 Å². The molecule has 0 amide bonds. The van der Waals surface area contributed by atoms with E-state index in [2.05, 4.69) is 35.1 Å². The zero-order valence-corrected chi connectivity index (χ0v) is 9.53. The Hall–Kier alpha value is -1.35. The van der Waals surface area contributed by atoms with Gasteiger partial charge in [0.05, 0.1) is 11.0 Å². The maximum Gasteiger partial charge on any atom is 0.110 e. The average molecular weight is 215 g/mol. The largest absolute Gasteiger partial charge is 0.342 e. The highest BCUT2D eigenvalue weighted by molar-refractivity contribution is 5.75. The van der Waals surface area contributed by atoms with Crippen molar-refractivity contribution in [2.24, 2.45) is 5.73 Å². The third kappa shape index (κ3) is 1.61. The van der Waals surface area contributed by atoms with E-state index in [-0.39, 0.29) is 0 Å². The molecule has 0 spiro atoms. The second-order valence-electron chi connectivity index (χ2n) is 4.91. The minimum atomic E-state index is 0.361. The van der Waals surface area contributed by atoms with Gasteiger partial charge in [0, 0.05) is 12.0 Å². The number of nitrogens with two attached hydrogens (primary N) is 1. The molecule has 1 aliphatic carbocycles. The van der Waals surface area contributed by atoms with Gasteiger partial charge in [-0.3, -0.25) is 0 Å². The van der Waals surface area contributed by atoms with E-state index in [4.69, 9.17) is 5.73 Å². The summed E-state index contributed by atoms with van der Waals surface area (Å²) in [5.74, 6) is 1.65. The van der Waals surface area contributed by atoms with Crippen molar-refractivity contribution in [1.29, 1.82) is 0 Å². The number of H-pyrrole nitrogens is 1. The molecule has 0 aliphatic heterocycles. The SMILES string of the molecule is Cc1ccc2nc([C@@H]3CC[C@H](N)C3)[nH]c2c1. The molecule has 1 aromatic carbocycles. The van der Waals surface area contributed by atoms with E-state index in [1.165, 1.54) is 12.0 Å². The fraction of sp³-hybridized carbons (Fsp3) is 0.462. The van der Waals surface area contributed by atoms with Crippen LogP contribution in [0.5, 0.6) is 0 Å². The maximum absolute atomic E-state index is 5.94. The van der Waals surface area contributed by atoms with E-state index in [9.17, 15) is 0 Å². The quantitative estimate of drug-likeness (QED) is 0.767. The second kappa shape index (κ2) is 3.59. The lowest BCUT2D eigenvalue weighted by molar-refractivity contribution is 0.651. The number of nitrogens with one attached hydrogen (secondary N) is 1. The molecule has 16 heavy (non-hydrogen) atoms. The molecule has 0 radical (unpaired) electrons. The average Bonchev–Trinajstić information content (AvgIpc) is 2.83. The van der Waals surface area contributed by atoms with Gasteiger partial charge in [0.15, 0.2) is 0 Å². The molecule has 3 nitrogen and oxygen atoms in total. The number of hydrogen-bond acceptors (Lipinski definition) is 2. The van der Waals surface area contributed by atoms with Gasteiger partial charge < -0.3 is 10.7 Å². The number of aromatic nitrogens is 2. The number of benzene rings is 1. The van der Waals surface area contributed by atoms with Crippen LogP contribution in [0.1, 0.15) is 36.6 Å². The Morgan fingerprint density at radius 3 is 3.00 bits per heavy atom. The first-order chi connectivity index (χ1) is 7.72. The highest BCUT2D eigenvalue weighted by Crippen LogP contribution is 2.32. The summed E-state index contributed by atoms with van der Waals surface area (Å²) in [5, 5.41) is 0. The zero-order chi connectivity index (χ0) is 11.1. The Morgan fingerprint density at radius 2 is 2.25 bits per heavy atom.